The molecular weight excluding hydrogens is 388 g/mol. The number of benzene rings is 2. The summed E-state index contributed by atoms with van der Waals surface area (Å²) in [5, 5.41) is 5.80. The van der Waals surface area contributed by atoms with Crippen molar-refractivity contribution in [2.24, 2.45) is 5.16 Å². The number of carbonyl (C=O) groups excluding carboxylic acids is 3. The van der Waals surface area contributed by atoms with E-state index < -0.39 is 18.1 Å². The normalized spacial score (nSPS) is 15.7. The number of carbonyl (C=O) groups is 3. The Kier molecular flexibility index (Phi) is 4.83. The third-order valence-electron chi connectivity index (χ3n) is 4.80. The first kappa shape index (κ1) is 19.4. The van der Waals surface area contributed by atoms with Gasteiger partial charge in [-0.05, 0) is 55.3 Å². The highest BCUT2D eigenvalue weighted by molar-refractivity contribution is 6.12. The van der Waals surface area contributed by atoms with Gasteiger partial charge in [-0.2, -0.15) is 0 Å². The number of aryl methyl sites for hydroxylation is 1. The zero-order chi connectivity index (χ0) is 21.4. The predicted octanol–water partition coefficient (Wildman–Crippen LogP) is 4.14. The minimum Gasteiger partial charge on any atom is -0.387 e. The number of esters is 1. The molecule has 0 unspecified atom stereocenters. The highest BCUT2D eigenvalue weighted by atomic mass is 16.8. The van der Waals surface area contributed by atoms with Gasteiger partial charge in [-0.3, -0.25) is 0 Å². The Hall–Kier alpha value is -3.94. The zero-order valence-corrected chi connectivity index (χ0v) is 16.6. The first-order chi connectivity index (χ1) is 14.4. The molecule has 0 amide bonds. The van der Waals surface area contributed by atoms with Crippen LogP contribution in [0.2, 0.25) is 0 Å². The fraction of sp³-hybridized carbons (Fsp3) is 0.182. The molecule has 0 spiro atoms. The lowest BCUT2D eigenvalue weighted by molar-refractivity contribution is -0.141. The molecule has 1 aliphatic heterocycles. The van der Waals surface area contributed by atoms with Crippen molar-refractivity contribution in [2.45, 2.75) is 27.3 Å². The molecule has 1 aromatic heterocycles. The van der Waals surface area contributed by atoms with Gasteiger partial charge in [0.15, 0.2) is 0 Å². The second kappa shape index (κ2) is 7.47. The molecule has 152 valence electrons. The van der Waals surface area contributed by atoms with Gasteiger partial charge < -0.3 is 18.9 Å². The Morgan fingerprint density at radius 2 is 1.77 bits per heavy atom. The Morgan fingerprint density at radius 3 is 2.40 bits per heavy atom. The van der Waals surface area contributed by atoms with Crippen molar-refractivity contribution in [3.05, 3.63) is 53.3 Å². The van der Waals surface area contributed by atoms with Gasteiger partial charge in [0.1, 0.15) is 0 Å². The van der Waals surface area contributed by atoms with E-state index in [1.807, 2.05) is 36.4 Å². The largest absolute Gasteiger partial charge is 0.522 e. The van der Waals surface area contributed by atoms with Crippen LogP contribution in [0.15, 0.2) is 47.3 Å². The van der Waals surface area contributed by atoms with E-state index in [1.54, 1.807) is 6.92 Å². The molecular formula is C22H18N2O6. The van der Waals surface area contributed by atoms with E-state index in [-0.39, 0.29) is 5.76 Å². The summed E-state index contributed by atoms with van der Waals surface area (Å²) in [6, 6.07) is 11.6. The number of ether oxygens (including phenoxy) is 2. The van der Waals surface area contributed by atoms with Crippen molar-refractivity contribution >= 4 is 51.7 Å². The number of nitrogens with zero attached hydrogens (tertiary/aromatic N) is 2. The maximum absolute atomic E-state index is 11.7. The van der Waals surface area contributed by atoms with E-state index in [0.717, 1.165) is 33.9 Å². The molecule has 2 aromatic carbocycles. The molecule has 0 aliphatic carbocycles. The second-order valence-corrected chi connectivity index (χ2v) is 6.76. The highest BCUT2D eigenvalue weighted by Gasteiger charge is 2.29. The average molecular weight is 406 g/mol. The lowest BCUT2D eigenvalue weighted by Crippen LogP contribution is -1.99. The van der Waals surface area contributed by atoms with E-state index in [1.165, 1.54) is 13.0 Å². The van der Waals surface area contributed by atoms with Crippen molar-refractivity contribution in [1.82, 2.24) is 4.57 Å². The number of cyclic esters (lactones) is 3. The number of rotatable bonds is 4. The molecule has 30 heavy (non-hydrogen) atoms. The monoisotopic (exact) mass is 406 g/mol. The van der Waals surface area contributed by atoms with Gasteiger partial charge in [0.05, 0.1) is 5.71 Å². The lowest BCUT2D eigenvalue weighted by Gasteiger charge is -2.04. The van der Waals surface area contributed by atoms with Crippen LogP contribution in [0.1, 0.15) is 31.9 Å². The molecule has 0 radical (unpaired) electrons. The average Bonchev–Trinajstić information content (AvgIpc) is 3.20. The zero-order valence-electron chi connectivity index (χ0n) is 16.6. The minimum absolute atomic E-state index is 0.149. The number of aromatic nitrogens is 1. The molecule has 0 N–H and O–H groups in total. The van der Waals surface area contributed by atoms with Crippen LogP contribution >= 0.6 is 0 Å². The molecule has 4 rings (SSSR count). The van der Waals surface area contributed by atoms with E-state index in [0.29, 0.717) is 11.3 Å². The first-order valence-corrected chi connectivity index (χ1v) is 9.31. The number of hydrogen-bond donors (Lipinski definition) is 0. The molecule has 1 aliphatic rings. The summed E-state index contributed by atoms with van der Waals surface area (Å²) in [4.78, 5) is 38.6. The van der Waals surface area contributed by atoms with E-state index in [9.17, 15) is 14.4 Å². The minimum atomic E-state index is -1.03. The first-order valence-electron chi connectivity index (χ1n) is 9.31. The number of fused-ring (bicyclic) bond motifs is 3. The summed E-state index contributed by atoms with van der Waals surface area (Å²) in [6.07, 6.45) is 0.445. The van der Waals surface area contributed by atoms with Crippen LogP contribution in [0.25, 0.3) is 27.9 Å². The van der Waals surface area contributed by atoms with Gasteiger partial charge in [0.2, 0.25) is 5.76 Å². The van der Waals surface area contributed by atoms with Crippen LogP contribution < -0.4 is 0 Å². The fourth-order valence-electron chi connectivity index (χ4n) is 3.48. The van der Waals surface area contributed by atoms with Crippen LogP contribution in [-0.4, -0.2) is 28.4 Å². The van der Waals surface area contributed by atoms with Crippen LogP contribution in [0, 0.1) is 0 Å². The van der Waals surface area contributed by atoms with Gasteiger partial charge in [-0.25, -0.2) is 14.4 Å². The van der Waals surface area contributed by atoms with Gasteiger partial charge in [-0.15, -0.1) is 0 Å². The second-order valence-electron chi connectivity index (χ2n) is 6.76. The van der Waals surface area contributed by atoms with Gasteiger partial charge in [0, 0.05) is 35.3 Å². The van der Waals surface area contributed by atoms with E-state index in [4.69, 9.17) is 9.57 Å². The maximum atomic E-state index is 11.7. The summed E-state index contributed by atoms with van der Waals surface area (Å²) < 4.78 is 11.3. The van der Waals surface area contributed by atoms with Gasteiger partial charge >= 0.3 is 18.1 Å². The Bertz CT molecular complexity index is 1280. The number of oxime groups is 1. The lowest BCUT2D eigenvalue weighted by atomic mass is 10.0. The molecule has 0 bridgehead atoms. The van der Waals surface area contributed by atoms with Crippen molar-refractivity contribution < 1.29 is 28.7 Å². The summed E-state index contributed by atoms with van der Waals surface area (Å²) in [6.45, 7) is 5.88. The SMILES string of the molecule is CCn1c2ccc(/C=C3\OC(=O)OC3=O)cc2c2cc(/C(C)=N/OC(C)=O)ccc21. The molecule has 0 atom stereocenters. The summed E-state index contributed by atoms with van der Waals surface area (Å²) in [5.74, 6) is -1.44. The number of hydrogen-bond acceptors (Lipinski definition) is 7. The summed E-state index contributed by atoms with van der Waals surface area (Å²) >= 11 is 0. The van der Waals surface area contributed by atoms with E-state index in [2.05, 4.69) is 21.4 Å². The third-order valence-corrected chi connectivity index (χ3v) is 4.80. The molecule has 8 nitrogen and oxygen atoms in total. The molecule has 2 heterocycles. The van der Waals surface area contributed by atoms with Gasteiger partial charge in [0.25, 0.3) is 0 Å². The fourth-order valence-corrected chi connectivity index (χ4v) is 3.48. The highest BCUT2D eigenvalue weighted by Crippen LogP contribution is 2.31. The molecule has 3 aromatic rings. The van der Waals surface area contributed by atoms with Crippen LogP contribution in [0.4, 0.5) is 4.79 Å². The van der Waals surface area contributed by atoms with Crippen molar-refractivity contribution in [2.75, 3.05) is 0 Å². The topological polar surface area (TPSA) is 96.2 Å². The molecule has 0 saturated carbocycles. The smallest absolute Gasteiger partial charge is 0.387 e. The van der Waals surface area contributed by atoms with Crippen molar-refractivity contribution in [1.29, 1.82) is 0 Å². The molecule has 8 heteroatoms. The Labute approximate surface area is 171 Å². The van der Waals surface area contributed by atoms with Crippen molar-refractivity contribution in [3.8, 4) is 0 Å². The van der Waals surface area contributed by atoms with Crippen molar-refractivity contribution in [3.63, 3.8) is 0 Å². The van der Waals surface area contributed by atoms with E-state index >= 15 is 0 Å². The third kappa shape index (κ3) is 3.43. The summed E-state index contributed by atoms with van der Waals surface area (Å²) in [5.41, 5.74) is 4.13. The Balaban J connectivity index is 1.86. The summed E-state index contributed by atoms with van der Waals surface area (Å²) in [7, 11) is 0. The molecule has 1 saturated heterocycles. The molecule has 1 fully saturated rings. The predicted molar refractivity (Wildman–Crippen MR) is 110 cm³/mol. The Morgan fingerprint density at radius 1 is 1.07 bits per heavy atom. The van der Waals surface area contributed by atoms with Crippen LogP contribution in [0.5, 0.6) is 0 Å². The van der Waals surface area contributed by atoms with Crippen LogP contribution in [-0.2, 0) is 30.4 Å². The quantitative estimate of drug-likeness (QED) is 0.161. The van der Waals surface area contributed by atoms with Gasteiger partial charge in [-0.1, -0.05) is 17.3 Å². The van der Waals surface area contributed by atoms with Crippen LogP contribution in [0.3, 0.4) is 0 Å². The maximum Gasteiger partial charge on any atom is 0.522 e. The standard InChI is InChI=1S/C22H18N2O6/c1-4-24-18-7-5-14(10-20-21(26)29-22(27)28-20)9-16(18)17-11-15(6-8-19(17)24)12(2)23-30-13(3)25/h5-11H,4H2,1-3H3/b20-10-,23-12+.